The zero-order valence-corrected chi connectivity index (χ0v) is 24.7. The normalized spacial score (nSPS) is 19.1. The number of H-pyrrole nitrogens is 1. The molecule has 0 aliphatic carbocycles. The van der Waals surface area contributed by atoms with E-state index < -0.39 is 64.7 Å². The molecule has 4 rings (SSSR count). The van der Waals surface area contributed by atoms with Gasteiger partial charge in [0.05, 0.1) is 12.6 Å². The highest BCUT2D eigenvalue weighted by molar-refractivity contribution is 7.14. The Morgan fingerprint density at radius 1 is 1.28 bits per heavy atom. The largest absolute Gasteiger partial charge is 0.488 e. The second-order valence-electron chi connectivity index (χ2n) is 10.3. The number of nitrogens with one attached hydrogen (secondary N) is 6. The molecule has 230 valence electrons. The third kappa shape index (κ3) is 6.82. The summed E-state index contributed by atoms with van der Waals surface area (Å²) in [6.45, 7) is 7.07. The summed E-state index contributed by atoms with van der Waals surface area (Å²) in [5.74, 6) is -2.53. The van der Waals surface area contributed by atoms with Crippen molar-refractivity contribution in [2.45, 2.75) is 64.4 Å². The number of carbonyl (C=O) groups excluding carboxylic acids is 5. The van der Waals surface area contributed by atoms with E-state index in [9.17, 15) is 28.8 Å². The van der Waals surface area contributed by atoms with E-state index in [4.69, 9.17) is 14.9 Å². The lowest BCUT2D eigenvalue weighted by Crippen LogP contribution is -2.72. The Hall–Kier alpha value is -4.80. The Morgan fingerprint density at radius 3 is 2.65 bits per heavy atom. The fourth-order valence-corrected chi connectivity index (χ4v) is 5.05. The van der Waals surface area contributed by atoms with Crippen molar-refractivity contribution in [3.63, 3.8) is 0 Å². The zero-order chi connectivity index (χ0) is 31.5. The van der Waals surface area contributed by atoms with Crippen molar-refractivity contribution >= 4 is 51.9 Å². The number of β-lactam (4-membered cyclic amide) rings is 1. The Morgan fingerprint density at radius 2 is 2.02 bits per heavy atom. The summed E-state index contributed by atoms with van der Waals surface area (Å²) in [6, 6.07) is -1.61. The minimum Gasteiger partial charge on any atom is -0.488 e. The van der Waals surface area contributed by atoms with Crippen LogP contribution in [0, 0.1) is 5.41 Å². The van der Waals surface area contributed by atoms with Crippen LogP contribution in [-0.4, -0.2) is 82.4 Å². The highest BCUT2D eigenvalue weighted by atomic mass is 32.1. The van der Waals surface area contributed by atoms with E-state index >= 15 is 0 Å². The quantitative estimate of drug-likeness (QED) is 0.101. The standard InChI is InChI=1S/C26H32N8O8S/c1-5-6-7-41-17-10-28-13(8-16(17)35)21(37)30-12(2)20(36)29-9-14-19(23(39)31-14)33-22(38)18(27)15-11-43-24(32-15)34-25(40)42-26(34,3)4/h8,10-12,14,19,27H,5-7,9H2,1-4H3,(H,28,35)(H,29,36)(H,30,37)(H,31,39)(H,33,38)/t12-,14+,19-/m0/s1. The Bertz CT molecular complexity index is 1520. The van der Waals surface area contributed by atoms with Crippen LogP contribution in [0.2, 0.25) is 0 Å². The molecule has 0 unspecified atom stereocenters. The summed E-state index contributed by atoms with van der Waals surface area (Å²) in [5, 5.41) is 20.0. The van der Waals surface area contributed by atoms with Gasteiger partial charge in [0, 0.05) is 24.2 Å². The second kappa shape index (κ2) is 12.6. The average molecular weight is 617 g/mol. The van der Waals surface area contributed by atoms with Crippen LogP contribution in [0.25, 0.3) is 0 Å². The molecule has 2 aliphatic rings. The van der Waals surface area contributed by atoms with Crippen molar-refractivity contribution in [2.24, 2.45) is 0 Å². The van der Waals surface area contributed by atoms with Crippen LogP contribution in [0.5, 0.6) is 5.75 Å². The van der Waals surface area contributed by atoms with Crippen molar-refractivity contribution < 1.29 is 33.4 Å². The maximum atomic E-state index is 12.7. The monoisotopic (exact) mass is 616 g/mol. The van der Waals surface area contributed by atoms with E-state index in [0.717, 1.165) is 30.2 Å². The Labute approximate surface area is 249 Å². The van der Waals surface area contributed by atoms with E-state index in [-0.39, 0.29) is 28.8 Å². The summed E-state index contributed by atoms with van der Waals surface area (Å²) in [6.07, 6.45) is 2.38. The predicted octanol–water partition coefficient (Wildman–Crippen LogP) is -0.0112. The molecular weight excluding hydrogens is 584 g/mol. The SMILES string of the molecule is CCCCOc1c[nH]c(C(=O)N[C@@H](C)C(=O)NC[C@H]2NC(=O)[C@H]2NC(=O)C(=N)c2csc(N3C(=O)OC3(C)C)n2)cc1=O. The van der Waals surface area contributed by atoms with Crippen LogP contribution in [0.4, 0.5) is 9.93 Å². The van der Waals surface area contributed by atoms with Gasteiger partial charge in [0.15, 0.2) is 16.6 Å². The molecule has 17 heteroatoms. The number of anilines is 1. The van der Waals surface area contributed by atoms with Gasteiger partial charge in [0.25, 0.3) is 11.8 Å². The molecule has 0 saturated carbocycles. The number of carbonyl (C=O) groups is 5. The van der Waals surface area contributed by atoms with E-state index in [1.54, 1.807) is 13.8 Å². The summed E-state index contributed by atoms with van der Waals surface area (Å²) in [4.78, 5) is 82.1. The predicted molar refractivity (Wildman–Crippen MR) is 153 cm³/mol. The molecule has 2 aromatic heterocycles. The van der Waals surface area contributed by atoms with Gasteiger partial charge in [-0.3, -0.25) is 29.4 Å². The van der Waals surface area contributed by atoms with E-state index in [2.05, 4.69) is 31.2 Å². The van der Waals surface area contributed by atoms with Crippen LogP contribution >= 0.6 is 11.3 Å². The number of unbranched alkanes of at least 4 members (excludes halogenated alkanes) is 1. The first kappa shape index (κ1) is 31.1. The summed E-state index contributed by atoms with van der Waals surface area (Å²) in [5.41, 5.74) is -1.91. The molecule has 6 N–H and O–H groups in total. The van der Waals surface area contributed by atoms with Crippen LogP contribution in [0.3, 0.4) is 0 Å². The molecule has 2 aliphatic heterocycles. The third-order valence-electron chi connectivity index (χ3n) is 6.64. The van der Waals surface area contributed by atoms with Crippen molar-refractivity contribution in [1.82, 2.24) is 31.2 Å². The zero-order valence-electron chi connectivity index (χ0n) is 23.9. The number of pyridine rings is 1. The Kier molecular flexibility index (Phi) is 9.13. The number of nitrogens with zero attached hydrogens (tertiary/aromatic N) is 2. The van der Waals surface area contributed by atoms with Crippen molar-refractivity contribution in [1.29, 1.82) is 5.41 Å². The van der Waals surface area contributed by atoms with Gasteiger partial charge >= 0.3 is 6.09 Å². The minimum atomic E-state index is -1.02. The van der Waals surface area contributed by atoms with Gasteiger partial charge < -0.3 is 35.7 Å². The number of hydrogen-bond donors (Lipinski definition) is 6. The van der Waals surface area contributed by atoms with Gasteiger partial charge in [-0.05, 0) is 27.2 Å². The molecule has 3 atom stereocenters. The first-order valence-corrected chi connectivity index (χ1v) is 14.3. The highest BCUT2D eigenvalue weighted by Gasteiger charge is 2.49. The first-order chi connectivity index (χ1) is 20.3. The summed E-state index contributed by atoms with van der Waals surface area (Å²) >= 11 is 1.06. The maximum absolute atomic E-state index is 12.7. The van der Waals surface area contributed by atoms with E-state index in [0.29, 0.717) is 6.61 Å². The van der Waals surface area contributed by atoms with E-state index in [1.165, 1.54) is 23.4 Å². The van der Waals surface area contributed by atoms with Crippen LogP contribution in [0.1, 0.15) is 56.7 Å². The lowest BCUT2D eigenvalue weighted by molar-refractivity contribution is -0.135. The fourth-order valence-electron chi connectivity index (χ4n) is 4.12. The molecule has 0 aromatic carbocycles. The van der Waals surface area contributed by atoms with Gasteiger partial charge in [-0.15, -0.1) is 11.3 Å². The molecular formula is C26H32N8O8S. The van der Waals surface area contributed by atoms with Gasteiger partial charge in [0.2, 0.25) is 17.2 Å². The number of amides is 5. The van der Waals surface area contributed by atoms with Crippen molar-refractivity contribution in [3.8, 4) is 5.75 Å². The number of aromatic nitrogens is 2. The smallest absolute Gasteiger partial charge is 0.421 e. The minimum absolute atomic E-state index is 0.0159. The third-order valence-corrected chi connectivity index (χ3v) is 7.46. The lowest BCUT2D eigenvalue weighted by atomic mass is 9.98. The lowest BCUT2D eigenvalue weighted by Gasteiger charge is -2.44. The number of thiazole rings is 1. The van der Waals surface area contributed by atoms with Crippen LogP contribution < -0.4 is 36.3 Å². The molecule has 4 heterocycles. The molecule has 5 amide bonds. The van der Waals surface area contributed by atoms with Crippen LogP contribution in [-0.2, 0) is 19.1 Å². The van der Waals surface area contributed by atoms with Gasteiger partial charge in [0.1, 0.15) is 29.2 Å². The number of rotatable bonds is 13. The fraction of sp³-hybridized carbons (Fsp3) is 0.462. The summed E-state index contributed by atoms with van der Waals surface area (Å²) < 4.78 is 10.4. The van der Waals surface area contributed by atoms with Crippen molar-refractivity contribution in [2.75, 3.05) is 18.1 Å². The first-order valence-electron chi connectivity index (χ1n) is 13.4. The maximum Gasteiger partial charge on any atom is 0.421 e. The molecule has 0 radical (unpaired) electrons. The second-order valence-corrected chi connectivity index (χ2v) is 11.2. The van der Waals surface area contributed by atoms with E-state index in [1.807, 2.05) is 6.92 Å². The average Bonchev–Trinajstić information content (AvgIpc) is 3.41. The molecule has 0 bridgehead atoms. The Balaban J connectivity index is 1.25. The van der Waals surface area contributed by atoms with Gasteiger partial charge in [-0.25, -0.2) is 14.7 Å². The number of aromatic amines is 1. The van der Waals surface area contributed by atoms with Crippen LogP contribution in [0.15, 0.2) is 22.4 Å². The van der Waals surface area contributed by atoms with Gasteiger partial charge in [-0.2, -0.15) is 0 Å². The molecule has 16 nitrogen and oxygen atoms in total. The van der Waals surface area contributed by atoms with Gasteiger partial charge in [-0.1, -0.05) is 13.3 Å². The number of ether oxygens (including phenoxy) is 2. The topological polar surface area (TPSA) is 225 Å². The summed E-state index contributed by atoms with van der Waals surface area (Å²) in [7, 11) is 0. The molecule has 43 heavy (non-hydrogen) atoms. The highest BCUT2D eigenvalue weighted by Crippen LogP contribution is 2.36. The number of cyclic esters (lactones) is 1. The molecule has 2 fully saturated rings. The number of hydrogen-bond acceptors (Lipinski definition) is 11. The van der Waals surface area contributed by atoms with Crippen molar-refractivity contribution in [3.05, 3.63) is 39.3 Å². The molecule has 2 saturated heterocycles. The molecule has 0 spiro atoms. The molecule has 2 aromatic rings.